The largest absolute Gasteiger partial charge is 0.497 e. The zero-order valence-corrected chi connectivity index (χ0v) is 18.7. The summed E-state index contributed by atoms with van der Waals surface area (Å²) in [4.78, 5) is 24.0. The van der Waals surface area contributed by atoms with Gasteiger partial charge in [-0.3, -0.25) is 14.3 Å². The molecule has 172 valence electrons. The Kier molecular flexibility index (Phi) is 6.15. The standard InChI is InChI=1S/C25H24N6O3/c1-33-21-5-7-22(8-6-21)34-24-23(26-11-12-27-24)18-9-13-30(14-10-18)25(32)19-3-2-4-20(15-19)31-16-28-29-17-31/h2-8,11-12,15-18H,9-10,13-14H2,1H3. The molecule has 0 N–H and O–H groups in total. The number of hydrogen-bond donors (Lipinski definition) is 0. The average molecular weight is 457 g/mol. The molecule has 0 unspecified atom stereocenters. The minimum absolute atomic E-state index is 0.0160. The second-order valence-corrected chi connectivity index (χ2v) is 8.01. The van der Waals surface area contributed by atoms with Crippen LogP contribution in [0, 0.1) is 0 Å². The van der Waals surface area contributed by atoms with Crippen LogP contribution in [0.3, 0.4) is 0 Å². The van der Waals surface area contributed by atoms with Gasteiger partial charge in [0.15, 0.2) is 0 Å². The van der Waals surface area contributed by atoms with E-state index in [2.05, 4.69) is 20.2 Å². The summed E-state index contributed by atoms with van der Waals surface area (Å²) < 4.78 is 13.0. The summed E-state index contributed by atoms with van der Waals surface area (Å²) in [6, 6.07) is 14.9. The topological polar surface area (TPSA) is 95.3 Å². The van der Waals surface area contributed by atoms with Gasteiger partial charge < -0.3 is 14.4 Å². The Morgan fingerprint density at radius 1 is 0.941 bits per heavy atom. The number of ether oxygens (including phenoxy) is 2. The van der Waals surface area contributed by atoms with Gasteiger partial charge in [0, 0.05) is 42.7 Å². The lowest BCUT2D eigenvalue weighted by atomic mass is 9.93. The van der Waals surface area contributed by atoms with E-state index in [1.807, 2.05) is 53.4 Å². The predicted octanol–water partition coefficient (Wildman–Crippen LogP) is 3.88. The SMILES string of the molecule is COc1ccc(Oc2nccnc2C2CCN(C(=O)c3cccc(-n4cnnc4)c3)CC2)cc1. The van der Waals surface area contributed by atoms with Crippen LogP contribution in [-0.2, 0) is 0 Å². The summed E-state index contributed by atoms with van der Waals surface area (Å²) in [5, 5.41) is 7.66. The molecule has 1 saturated heterocycles. The first kappa shape index (κ1) is 21.6. The van der Waals surface area contributed by atoms with Crippen molar-refractivity contribution >= 4 is 5.91 Å². The van der Waals surface area contributed by atoms with Crippen molar-refractivity contribution in [2.24, 2.45) is 0 Å². The summed E-state index contributed by atoms with van der Waals surface area (Å²) >= 11 is 0. The smallest absolute Gasteiger partial charge is 0.253 e. The Hall–Kier alpha value is -4.27. The third-order valence-electron chi connectivity index (χ3n) is 5.94. The summed E-state index contributed by atoms with van der Waals surface area (Å²) in [7, 11) is 1.63. The quantitative estimate of drug-likeness (QED) is 0.434. The predicted molar refractivity (Wildman–Crippen MR) is 124 cm³/mol. The second kappa shape index (κ2) is 9.70. The number of nitrogens with zero attached hydrogens (tertiary/aromatic N) is 6. The molecule has 2 aromatic heterocycles. The van der Waals surface area contributed by atoms with Crippen LogP contribution in [0.4, 0.5) is 0 Å². The molecule has 0 atom stereocenters. The molecule has 3 heterocycles. The fraction of sp³-hybridized carbons (Fsp3) is 0.240. The molecule has 1 aliphatic rings. The minimum atomic E-state index is 0.0160. The van der Waals surface area contributed by atoms with Crippen molar-refractivity contribution in [2.75, 3.05) is 20.2 Å². The Morgan fingerprint density at radius 2 is 1.65 bits per heavy atom. The zero-order chi connectivity index (χ0) is 23.3. The van der Waals surface area contributed by atoms with Gasteiger partial charge in [-0.05, 0) is 55.3 Å². The van der Waals surface area contributed by atoms with Gasteiger partial charge in [-0.2, -0.15) is 0 Å². The van der Waals surface area contributed by atoms with Crippen molar-refractivity contribution in [3.05, 3.63) is 84.8 Å². The number of carbonyl (C=O) groups is 1. The molecule has 9 heteroatoms. The normalized spacial score (nSPS) is 14.1. The number of methoxy groups -OCH3 is 1. The van der Waals surface area contributed by atoms with E-state index in [4.69, 9.17) is 9.47 Å². The Morgan fingerprint density at radius 3 is 2.38 bits per heavy atom. The van der Waals surface area contributed by atoms with Gasteiger partial charge in [0.25, 0.3) is 5.91 Å². The molecule has 4 aromatic rings. The highest BCUT2D eigenvalue weighted by Crippen LogP contribution is 2.34. The Balaban J connectivity index is 1.26. The minimum Gasteiger partial charge on any atom is -0.497 e. The molecular weight excluding hydrogens is 432 g/mol. The van der Waals surface area contributed by atoms with E-state index < -0.39 is 0 Å². The molecule has 1 aliphatic heterocycles. The number of piperidine rings is 1. The fourth-order valence-electron chi connectivity index (χ4n) is 4.12. The van der Waals surface area contributed by atoms with Gasteiger partial charge in [0.1, 0.15) is 29.8 Å². The molecule has 2 aromatic carbocycles. The summed E-state index contributed by atoms with van der Waals surface area (Å²) in [5.74, 6) is 2.11. The van der Waals surface area contributed by atoms with Gasteiger partial charge in [-0.15, -0.1) is 10.2 Å². The molecule has 1 amide bonds. The van der Waals surface area contributed by atoms with E-state index in [0.717, 1.165) is 30.0 Å². The van der Waals surface area contributed by atoms with Crippen molar-refractivity contribution in [1.29, 1.82) is 0 Å². The number of likely N-dealkylation sites (tertiary alicyclic amines) is 1. The number of amides is 1. The third kappa shape index (κ3) is 4.59. The summed E-state index contributed by atoms with van der Waals surface area (Å²) in [6.07, 6.45) is 8.11. The highest BCUT2D eigenvalue weighted by Gasteiger charge is 2.28. The van der Waals surface area contributed by atoms with Crippen LogP contribution in [0.5, 0.6) is 17.4 Å². The Bertz CT molecular complexity index is 1250. The van der Waals surface area contributed by atoms with E-state index in [1.165, 1.54) is 0 Å². The maximum atomic E-state index is 13.1. The summed E-state index contributed by atoms with van der Waals surface area (Å²) in [6.45, 7) is 1.28. The number of rotatable bonds is 6. The number of hydrogen-bond acceptors (Lipinski definition) is 7. The monoisotopic (exact) mass is 456 g/mol. The van der Waals surface area contributed by atoms with Gasteiger partial charge in [-0.25, -0.2) is 4.98 Å². The molecule has 9 nitrogen and oxygen atoms in total. The van der Waals surface area contributed by atoms with Crippen LogP contribution in [0.15, 0.2) is 73.6 Å². The second-order valence-electron chi connectivity index (χ2n) is 8.01. The maximum absolute atomic E-state index is 13.1. The van der Waals surface area contributed by atoms with E-state index >= 15 is 0 Å². The summed E-state index contributed by atoms with van der Waals surface area (Å²) in [5.41, 5.74) is 2.32. The van der Waals surface area contributed by atoms with Crippen molar-refractivity contribution in [3.8, 4) is 23.1 Å². The van der Waals surface area contributed by atoms with Crippen molar-refractivity contribution in [3.63, 3.8) is 0 Å². The first-order chi connectivity index (χ1) is 16.7. The van der Waals surface area contributed by atoms with Crippen LogP contribution in [0.1, 0.15) is 34.8 Å². The zero-order valence-electron chi connectivity index (χ0n) is 18.7. The first-order valence-electron chi connectivity index (χ1n) is 11.1. The van der Waals surface area contributed by atoms with Crippen molar-refractivity contribution in [2.45, 2.75) is 18.8 Å². The molecule has 0 bridgehead atoms. The van der Waals surface area contributed by atoms with E-state index in [9.17, 15) is 4.79 Å². The van der Waals surface area contributed by atoms with E-state index in [0.29, 0.717) is 30.3 Å². The molecule has 0 saturated carbocycles. The van der Waals surface area contributed by atoms with Crippen LogP contribution in [-0.4, -0.2) is 55.7 Å². The van der Waals surface area contributed by atoms with Gasteiger partial charge in [-0.1, -0.05) is 6.07 Å². The molecule has 0 aliphatic carbocycles. The molecule has 0 spiro atoms. The fourth-order valence-corrected chi connectivity index (χ4v) is 4.12. The van der Waals surface area contributed by atoms with Crippen molar-refractivity contribution in [1.82, 2.24) is 29.6 Å². The van der Waals surface area contributed by atoms with Crippen molar-refractivity contribution < 1.29 is 14.3 Å². The highest BCUT2D eigenvalue weighted by molar-refractivity contribution is 5.94. The lowest BCUT2D eigenvalue weighted by molar-refractivity contribution is 0.0711. The lowest BCUT2D eigenvalue weighted by Crippen LogP contribution is -2.38. The molecular formula is C25H24N6O3. The lowest BCUT2D eigenvalue weighted by Gasteiger charge is -2.32. The van der Waals surface area contributed by atoms with Gasteiger partial charge in [0.2, 0.25) is 5.88 Å². The number of carbonyl (C=O) groups excluding carboxylic acids is 1. The number of benzene rings is 2. The van der Waals surface area contributed by atoms with Gasteiger partial charge in [0.05, 0.1) is 7.11 Å². The first-order valence-corrected chi connectivity index (χ1v) is 11.1. The molecule has 34 heavy (non-hydrogen) atoms. The Labute approximate surface area is 197 Å². The molecule has 5 rings (SSSR count). The van der Waals surface area contributed by atoms with Crippen LogP contribution < -0.4 is 9.47 Å². The molecule has 1 fully saturated rings. The van der Waals surface area contributed by atoms with E-state index in [1.54, 1.807) is 36.7 Å². The van der Waals surface area contributed by atoms with E-state index in [-0.39, 0.29) is 11.8 Å². The van der Waals surface area contributed by atoms with Crippen LogP contribution in [0.25, 0.3) is 5.69 Å². The van der Waals surface area contributed by atoms with Crippen LogP contribution in [0.2, 0.25) is 0 Å². The van der Waals surface area contributed by atoms with Crippen LogP contribution >= 0.6 is 0 Å². The maximum Gasteiger partial charge on any atom is 0.253 e. The third-order valence-corrected chi connectivity index (χ3v) is 5.94. The van der Waals surface area contributed by atoms with Gasteiger partial charge >= 0.3 is 0 Å². The average Bonchev–Trinajstić information content (AvgIpc) is 3.45. The number of aromatic nitrogens is 5. The molecule has 0 radical (unpaired) electrons. The highest BCUT2D eigenvalue weighted by atomic mass is 16.5.